The van der Waals surface area contributed by atoms with Crippen LogP contribution in [0.25, 0.3) is 0 Å². The highest BCUT2D eigenvalue weighted by atomic mass is 32.2. The number of nitrogens with zero attached hydrogens (tertiary/aromatic N) is 1. The molecule has 0 aliphatic carbocycles. The maximum Gasteiger partial charge on any atom is 0.240 e. The van der Waals surface area contributed by atoms with E-state index in [0.717, 1.165) is 27.8 Å². The molecule has 1 saturated heterocycles. The number of aliphatic hydroxyl groups is 2. The van der Waals surface area contributed by atoms with Crippen LogP contribution >= 0.6 is 0 Å². The number of ether oxygens (including phenoxy) is 2. The molecule has 0 amide bonds. The lowest BCUT2D eigenvalue weighted by molar-refractivity contribution is -0.253. The van der Waals surface area contributed by atoms with Crippen LogP contribution in [-0.4, -0.2) is 49.3 Å². The second-order valence-corrected chi connectivity index (χ2v) is 13.0. The van der Waals surface area contributed by atoms with Gasteiger partial charge in [0.1, 0.15) is 0 Å². The molecular weight excluding hydrogens is 576 g/mol. The Hall–Kier alpha value is -3.41. The molecule has 1 fully saturated rings. The molecule has 232 valence electrons. The van der Waals surface area contributed by atoms with Gasteiger partial charge in [0, 0.05) is 31.1 Å². The molecule has 5 atom stereocenters. The molecule has 1 aliphatic rings. The number of benzene rings is 4. The van der Waals surface area contributed by atoms with E-state index in [1.807, 2.05) is 92.8 Å². The Kier molecular flexibility index (Phi) is 10.6. The van der Waals surface area contributed by atoms with Gasteiger partial charge >= 0.3 is 0 Å². The maximum absolute atomic E-state index is 12.6. The van der Waals surface area contributed by atoms with Crippen molar-refractivity contribution in [1.82, 2.24) is 9.62 Å². The SMILES string of the molecule is C[C@H]([C@@H](O)c1ccccc1)N(C)C[C@H]1C[C@@H](c2ccc(CO)cc2)O[C@@H](c2ccc(CNS(=O)(=O)c3ccccc3)cc2)O1. The van der Waals surface area contributed by atoms with Crippen molar-refractivity contribution >= 4 is 10.0 Å². The standard InChI is InChI=1S/C35H40N2O6S/c1-25(34(39)29-9-5-3-6-10-29)37(2)23-31-21-33(28-17-15-27(24-38)16-18-28)43-35(42-31)30-19-13-26(14-20-30)22-36-44(40,41)32-11-7-4-8-12-32/h3-20,25,31,33-36,38-39H,21-24H2,1-2H3/t25-,31-,33+,34-,35+/m1/s1. The smallest absolute Gasteiger partial charge is 0.240 e. The second-order valence-electron chi connectivity index (χ2n) is 11.3. The van der Waals surface area contributed by atoms with Crippen LogP contribution < -0.4 is 4.72 Å². The zero-order chi connectivity index (χ0) is 31.1. The van der Waals surface area contributed by atoms with Gasteiger partial charge in [-0.1, -0.05) is 97.1 Å². The average molecular weight is 617 g/mol. The molecule has 1 heterocycles. The molecular formula is C35H40N2O6S. The third-order valence-corrected chi connectivity index (χ3v) is 9.59. The van der Waals surface area contributed by atoms with Gasteiger partial charge in [0.25, 0.3) is 0 Å². The Labute approximate surface area is 259 Å². The van der Waals surface area contributed by atoms with E-state index in [0.29, 0.717) is 13.0 Å². The summed E-state index contributed by atoms with van der Waals surface area (Å²) in [4.78, 5) is 2.33. The van der Waals surface area contributed by atoms with E-state index < -0.39 is 22.4 Å². The highest BCUT2D eigenvalue weighted by Crippen LogP contribution is 2.38. The number of aliphatic hydroxyl groups excluding tert-OH is 2. The van der Waals surface area contributed by atoms with Crippen molar-refractivity contribution in [3.05, 3.63) is 137 Å². The number of nitrogens with one attached hydrogen (secondary N) is 1. The third-order valence-electron chi connectivity index (χ3n) is 8.17. The summed E-state index contributed by atoms with van der Waals surface area (Å²) in [5.41, 5.74) is 4.32. The van der Waals surface area contributed by atoms with Crippen LogP contribution in [0.2, 0.25) is 0 Å². The summed E-state index contributed by atoms with van der Waals surface area (Å²) < 4.78 is 40.9. The molecule has 4 aromatic carbocycles. The number of hydrogen-bond donors (Lipinski definition) is 3. The predicted molar refractivity (Wildman–Crippen MR) is 169 cm³/mol. The zero-order valence-electron chi connectivity index (χ0n) is 25.0. The summed E-state index contributed by atoms with van der Waals surface area (Å²) in [5, 5.41) is 20.5. The lowest BCUT2D eigenvalue weighted by atomic mass is 9.98. The van der Waals surface area contributed by atoms with Gasteiger partial charge < -0.3 is 19.7 Å². The van der Waals surface area contributed by atoms with Crippen LogP contribution in [0, 0.1) is 0 Å². The predicted octanol–water partition coefficient (Wildman–Crippen LogP) is 5.26. The van der Waals surface area contributed by atoms with Crippen LogP contribution in [0.1, 0.15) is 59.7 Å². The van der Waals surface area contributed by atoms with E-state index >= 15 is 0 Å². The summed E-state index contributed by atoms with van der Waals surface area (Å²) in [6.45, 7) is 2.71. The van der Waals surface area contributed by atoms with Crippen LogP contribution in [0.15, 0.2) is 114 Å². The summed E-state index contributed by atoms with van der Waals surface area (Å²) in [6.07, 6.45) is -1.11. The Morgan fingerprint density at radius 1 is 0.841 bits per heavy atom. The summed E-state index contributed by atoms with van der Waals surface area (Å²) in [6, 6.07) is 33.1. The molecule has 1 aliphatic heterocycles. The maximum atomic E-state index is 12.6. The minimum Gasteiger partial charge on any atom is -0.392 e. The number of rotatable bonds is 12. The van der Waals surface area contributed by atoms with Crippen molar-refractivity contribution < 1.29 is 28.1 Å². The topological polar surface area (TPSA) is 108 Å². The first kappa shape index (κ1) is 32.0. The van der Waals surface area contributed by atoms with Crippen LogP contribution in [0.4, 0.5) is 0 Å². The quantitative estimate of drug-likeness (QED) is 0.199. The first-order valence-corrected chi connectivity index (χ1v) is 16.3. The monoisotopic (exact) mass is 616 g/mol. The van der Waals surface area contributed by atoms with Gasteiger partial charge in [0.2, 0.25) is 10.0 Å². The Morgan fingerprint density at radius 3 is 2.07 bits per heavy atom. The number of likely N-dealkylation sites (N-methyl/N-ethyl adjacent to an activating group) is 1. The van der Waals surface area contributed by atoms with Crippen molar-refractivity contribution in [3.63, 3.8) is 0 Å². The van der Waals surface area contributed by atoms with E-state index in [-0.39, 0.29) is 36.3 Å². The number of hydrogen-bond acceptors (Lipinski definition) is 7. The van der Waals surface area contributed by atoms with Gasteiger partial charge in [-0.3, -0.25) is 4.90 Å². The lowest BCUT2D eigenvalue weighted by Gasteiger charge is -2.39. The van der Waals surface area contributed by atoms with E-state index in [4.69, 9.17) is 9.47 Å². The molecule has 0 saturated carbocycles. The van der Waals surface area contributed by atoms with Gasteiger partial charge in [-0.2, -0.15) is 0 Å². The van der Waals surface area contributed by atoms with Crippen molar-refractivity contribution in [3.8, 4) is 0 Å². The Bertz CT molecular complexity index is 1570. The molecule has 8 nitrogen and oxygen atoms in total. The molecule has 3 N–H and O–H groups in total. The van der Waals surface area contributed by atoms with Crippen LogP contribution in [-0.2, 0) is 32.6 Å². The van der Waals surface area contributed by atoms with E-state index in [1.54, 1.807) is 30.3 Å². The van der Waals surface area contributed by atoms with Gasteiger partial charge in [0.05, 0.1) is 29.8 Å². The molecule has 9 heteroatoms. The third kappa shape index (κ3) is 7.99. The first-order chi connectivity index (χ1) is 21.2. The fourth-order valence-electron chi connectivity index (χ4n) is 5.34. The normalized spacial score (nSPS) is 20.3. The number of sulfonamides is 1. The summed E-state index contributed by atoms with van der Waals surface area (Å²) in [5.74, 6) is 0. The lowest BCUT2D eigenvalue weighted by Crippen LogP contribution is -2.43. The molecule has 0 aromatic heterocycles. The van der Waals surface area contributed by atoms with Crippen molar-refractivity contribution in [2.75, 3.05) is 13.6 Å². The molecule has 0 spiro atoms. The van der Waals surface area contributed by atoms with Gasteiger partial charge in [-0.25, -0.2) is 13.1 Å². The molecule has 0 bridgehead atoms. The van der Waals surface area contributed by atoms with Crippen LogP contribution in [0.5, 0.6) is 0 Å². The Morgan fingerprint density at radius 2 is 1.43 bits per heavy atom. The molecule has 0 unspecified atom stereocenters. The van der Waals surface area contributed by atoms with Crippen LogP contribution in [0.3, 0.4) is 0 Å². The minimum atomic E-state index is -3.62. The fourth-order valence-corrected chi connectivity index (χ4v) is 6.38. The minimum absolute atomic E-state index is 0.0273. The van der Waals surface area contributed by atoms with Crippen molar-refractivity contribution in [2.45, 2.75) is 62.0 Å². The molecule has 0 radical (unpaired) electrons. The Balaban J connectivity index is 1.30. The van der Waals surface area contributed by atoms with E-state index in [1.165, 1.54) is 0 Å². The largest absolute Gasteiger partial charge is 0.392 e. The average Bonchev–Trinajstić information content (AvgIpc) is 3.07. The van der Waals surface area contributed by atoms with Crippen molar-refractivity contribution in [1.29, 1.82) is 0 Å². The molecule has 5 rings (SSSR count). The van der Waals surface area contributed by atoms with Gasteiger partial charge in [-0.15, -0.1) is 0 Å². The summed E-state index contributed by atoms with van der Waals surface area (Å²) in [7, 11) is -1.63. The van der Waals surface area contributed by atoms with E-state index in [9.17, 15) is 18.6 Å². The zero-order valence-corrected chi connectivity index (χ0v) is 25.8. The van der Waals surface area contributed by atoms with Crippen molar-refractivity contribution in [2.24, 2.45) is 0 Å². The van der Waals surface area contributed by atoms with Gasteiger partial charge in [-0.05, 0) is 48.4 Å². The van der Waals surface area contributed by atoms with E-state index in [2.05, 4.69) is 9.62 Å². The second kappa shape index (κ2) is 14.6. The fraction of sp³-hybridized carbons (Fsp3) is 0.314. The van der Waals surface area contributed by atoms with Gasteiger partial charge in [0.15, 0.2) is 6.29 Å². The molecule has 4 aromatic rings. The highest BCUT2D eigenvalue weighted by molar-refractivity contribution is 7.89. The summed E-state index contributed by atoms with van der Waals surface area (Å²) >= 11 is 0. The molecule has 44 heavy (non-hydrogen) atoms. The highest BCUT2D eigenvalue weighted by Gasteiger charge is 2.34. The first-order valence-electron chi connectivity index (χ1n) is 14.8.